The molecule has 4 nitrogen and oxygen atoms in total. The molecule has 12 aromatic rings. The number of fused-ring (bicyclic) bond motifs is 10. The molecule has 12 rings (SSSR count). The zero-order valence-electron chi connectivity index (χ0n) is 30.9. The molecule has 0 radical (unpaired) electrons. The number of hydrogen-bond acceptors (Lipinski definition) is 1. The summed E-state index contributed by atoms with van der Waals surface area (Å²) >= 11 is 0. The Hall–Kier alpha value is -7.69. The van der Waals surface area contributed by atoms with E-state index in [2.05, 4.69) is 213 Å². The molecule has 0 spiro atoms. The second kappa shape index (κ2) is 12.4. The first-order valence-electron chi connectivity index (χ1n) is 19.5. The molecule has 0 amide bonds. The molecule has 4 aromatic heterocycles. The van der Waals surface area contributed by atoms with E-state index in [1.807, 2.05) is 12.4 Å². The van der Waals surface area contributed by atoms with Crippen LogP contribution in [0.1, 0.15) is 0 Å². The quantitative estimate of drug-likeness (QED) is 0.174. The normalized spacial score (nSPS) is 11.9. The maximum Gasteiger partial charge on any atom is 0.0724 e. The molecule has 0 aliphatic heterocycles. The van der Waals surface area contributed by atoms with Crippen molar-refractivity contribution in [2.45, 2.75) is 0 Å². The Bertz CT molecular complexity index is 3500. The zero-order chi connectivity index (χ0) is 37.5. The lowest BCUT2D eigenvalue weighted by molar-refractivity contribution is 1.17. The minimum atomic E-state index is 1.11. The molecule has 0 saturated carbocycles. The van der Waals surface area contributed by atoms with Gasteiger partial charge in [-0.15, -0.1) is 0 Å². The molecule has 266 valence electrons. The average molecular weight is 727 g/mol. The summed E-state index contributed by atoms with van der Waals surface area (Å²) in [5.41, 5.74) is 15.2. The highest BCUT2D eigenvalue weighted by Crippen LogP contribution is 2.43. The van der Waals surface area contributed by atoms with Crippen LogP contribution in [0, 0.1) is 0 Å². The van der Waals surface area contributed by atoms with E-state index in [0.29, 0.717) is 0 Å². The van der Waals surface area contributed by atoms with Gasteiger partial charge in [-0.05, 0) is 107 Å². The van der Waals surface area contributed by atoms with Crippen LogP contribution in [0.3, 0.4) is 0 Å². The van der Waals surface area contributed by atoms with Crippen molar-refractivity contribution in [3.05, 3.63) is 207 Å². The Kier molecular flexibility index (Phi) is 6.89. The standard InChI is InChI=1S/C53H34N4/c1-4-15-39(16-5-1)55-46-22-11-10-21-43(46)52-48(55)27-28-49-53(52)44-25-23-38(33-50(44)57(49)41-19-8-3-9-20-41)36-14-12-13-35(31-36)37-24-26-47-45(32-37)42-29-30-54-34-51(42)56(47)40-17-6-2-7-18-40/h1-34H. The molecule has 57 heavy (non-hydrogen) atoms. The van der Waals surface area contributed by atoms with Crippen LogP contribution in [0.4, 0.5) is 0 Å². The lowest BCUT2D eigenvalue weighted by Gasteiger charge is -2.10. The molecule has 0 saturated heterocycles. The van der Waals surface area contributed by atoms with Crippen LogP contribution in [0.15, 0.2) is 207 Å². The number of rotatable bonds is 5. The molecule has 4 heterocycles. The first-order chi connectivity index (χ1) is 28.3. The van der Waals surface area contributed by atoms with Gasteiger partial charge in [-0.1, -0.05) is 109 Å². The van der Waals surface area contributed by atoms with Gasteiger partial charge >= 0.3 is 0 Å². The van der Waals surface area contributed by atoms with Gasteiger partial charge in [0.25, 0.3) is 0 Å². The molecular weight excluding hydrogens is 693 g/mol. The van der Waals surface area contributed by atoms with Crippen LogP contribution in [0.5, 0.6) is 0 Å². The molecule has 0 N–H and O–H groups in total. The third-order valence-corrected chi connectivity index (χ3v) is 11.7. The molecule has 8 aromatic carbocycles. The van der Waals surface area contributed by atoms with Gasteiger partial charge in [-0.3, -0.25) is 4.98 Å². The van der Waals surface area contributed by atoms with Crippen molar-refractivity contribution < 1.29 is 0 Å². The number of aromatic nitrogens is 4. The van der Waals surface area contributed by atoms with Gasteiger partial charge in [0.15, 0.2) is 0 Å². The smallest absolute Gasteiger partial charge is 0.0724 e. The maximum atomic E-state index is 4.50. The minimum Gasteiger partial charge on any atom is -0.309 e. The van der Waals surface area contributed by atoms with Crippen molar-refractivity contribution in [3.8, 4) is 39.3 Å². The fourth-order valence-electron chi connectivity index (χ4n) is 9.24. The van der Waals surface area contributed by atoms with Gasteiger partial charge in [0.1, 0.15) is 0 Å². The highest BCUT2D eigenvalue weighted by molar-refractivity contribution is 6.29. The molecular formula is C53H34N4. The SMILES string of the molecule is c1ccc(-n2c3ccc(-c4cccc(-c5ccc6c7c8c9ccccc9n(-c9ccccc9)c8ccc7n(-c7ccccc7)c6c5)c4)cc3c3ccncc32)cc1. The van der Waals surface area contributed by atoms with Gasteiger partial charge in [0.05, 0.1) is 39.3 Å². The van der Waals surface area contributed by atoms with Crippen LogP contribution in [-0.2, 0) is 0 Å². The zero-order valence-corrected chi connectivity index (χ0v) is 30.9. The molecule has 0 fully saturated rings. The Morgan fingerprint density at radius 3 is 1.44 bits per heavy atom. The Morgan fingerprint density at radius 2 is 0.772 bits per heavy atom. The van der Waals surface area contributed by atoms with Crippen LogP contribution in [0.2, 0.25) is 0 Å². The minimum absolute atomic E-state index is 1.11. The number of nitrogens with zero attached hydrogens (tertiary/aromatic N) is 4. The molecule has 4 heteroatoms. The Labute approximate surface area is 328 Å². The topological polar surface area (TPSA) is 27.7 Å². The van der Waals surface area contributed by atoms with Gasteiger partial charge in [-0.25, -0.2) is 0 Å². The fraction of sp³-hybridized carbons (Fsp3) is 0. The van der Waals surface area contributed by atoms with E-state index in [1.165, 1.54) is 82.2 Å². The summed E-state index contributed by atoms with van der Waals surface area (Å²) < 4.78 is 7.16. The summed E-state index contributed by atoms with van der Waals surface area (Å²) in [4.78, 5) is 4.50. The second-order valence-electron chi connectivity index (χ2n) is 14.8. The number of benzene rings is 8. The highest BCUT2D eigenvalue weighted by atomic mass is 15.0. The monoisotopic (exact) mass is 726 g/mol. The average Bonchev–Trinajstić information content (AvgIpc) is 3.92. The van der Waals surface area contributed by atoms with Gasteiger partial charge < -0.3 is 13.7 Å². The Morgan fingerprint density at radius 1 is 0.281 bits per heavy atom. The summed E-state index contributed by atoms with van der Waals surface area (Å²) in [6.07, 6.45) is 3.86. The van der Waals surface area contributed by atoms with Crippen LogP contribution in [-0.4, -0.2) is 18.7 Å². The summed E-state index contributed by atoms with van der Waals surface area (Å²) in [6.45, 7) is 0. The highest BCUT2D eigenvalue weighted by Gasteiger charge is 2.21. The van der Waals surface area contributed by atoms with Gasteiger partial charge in [0, 0.05) is 55.6 Å². The van der Waals surface area contributed by atoms with E-state index in [4.69, 9.17) is 0 Å². The summed E-state index contributed by atoms with van der Waals surface area (Å²) in [7, 11) is 0. The van der Waals surface area contributed by atoms with E-state index in [-0.39, 0.29) is 0 Å². The van der Waals surface area contributed by atoms with Crippen LogP contribution < -0.4 is 0 Å². The van der Waals surface area contributed by atoms with E-state index >= 15 is 0 Å². The third-order valence-electron chi connectivity index (χ3n) is 11.7. The summed E-state index contributed by atoms with van der Waals surface area (Å²) in [5, 5.41) is 7.46. The van der Waals surface area contributed by atoms with Crippen molar-refractivity contribution >= 4 is 65.4 Å². The predicted octanol–water partition coefficient (Wildman–Crippen LogP) is 13.7. The number of para-hydroxylation sites is 4. The third kappa shape index (κ3) is 4.77. The first kappa shape index (κ1) is 31.6. The van der Waals surface area contributed by atoms with Crippen molar-refractivity contribution in [1.29, 1.82) is 0 Å². The van der Waals surface area contributed by atoms with Gasteiger partial charge in [-0.2, -0.15) is 0 Å². The lowest BCUT2D eigenvalue weighted by Crippen LogP contribution is -1.94. The second-order valence-corrected chi connectivity index (χ2v) is 14.8. The molecule has 0 bridgehead atoms. The largest absolute Gasteiger partial charge is 0.309 e. The molecule has 0 aliphatic rings. The molecule has 0 unspecified atom stereocenters. The van der Waals surface area contributed by atoms with E-state index in [0.717, 1.165) is 22.6 Å². The van der Waals surface area contributed by atoms with E-state index < -0.39 is 0 Å². The number of hydrogen-bond donors (Lipinski definition) is 0. The summed E-state index contributed by atoms with van der Waals surface area (Å²) in [5.74, 6) is 0. The van der Waals surface area contributed by atoms with E-state index in [9.17, 15) is 0 Å². The van der Waals surface area contributed by atoms with E-state index in [1.54, 1.807) is 0 Å². The van der Waals surface area contributed by atoms with Crippen molar-refractivity contribution in [1.82, 2.24) is 18.7 Å². The maximum absolute atomic E-state index is 4.50. The van der Waals surface area contributed by atoms with Crippen LogP contribution in [0.25, 0.3) is 105 Å². The lowest BCUT2D eigenvalue weighted by atomic mass is 9.97. The van der Waals surface area contributed by atoms with Crippen molar-refractivity contribution in [2.75, 3.05) is 0 Å². The predicted molar refractivity (Wildman–Crippen MR) is 238 cm³/mol. The fourth-order valence-corrected chi connectivity index (χ4v) is 9.24. The van der Waals surface area contributed by atoms with Gasteiger partial charge in [0.2, 0.25) is 0 Å². The first-order valence-corrected chi connectivity index (χ1v) is 19.5. The molecule has 0 aliphatic carbocycles. The van der Waals surface area contributed by atoms with Crippen molar-refractivity contribution in [3.63, 3.8) is 0 Å². The number of pyridine rings is 1. The van der Waals surface area contributed by atoms with Crippen LogP contribution >= 0.6 is 0 Å². The Balaban J connectivity index is 1.06. The molecule has 0 atom stereocenters. The van der Waals surface area contributed by atoms with Crippen molar-refractivity contribution in [2.24, 2.45) is 0 Å². The summed E-state index contributed by atoms with van der Waals surface area (Å²) in [6, 6.07) is 70.4.